The van der Waals surface area contributed by atoms with E-state index in [1.54, 1.807) is 11.8 Å². The van der Waals surface area contributed by atoms with Gasteiger partial charge in [-0.15, -0.1) is 11.8 Å². The van der Waals surface area contributed by atoms with Gasteiger partial charge < -0.3 is 10.0 Å². The molecule has 1 fully saturated rings. The van der Waals surface area contributed by atoms with Crippen LogP contribution in [0.3, 0.4) is 0 Å². The Morgan fingerprint density at radius 1 is 1.55 bits per heavy atom. The molecule has 3 nitrogen and oxygen atoms in total. The van der Waals surface area contributed by atoms with E-state index in [1.165, 1.54) is 11.1 Å². The Morgan fingerprint density at radius 2 is 2.35 bits per heavy atom. The normalized spacial score (nSPS) is 20.1. The summed E-state index contributed by atoms with van der Waals surface area (Å²) in [7, 11) is 0. The average Bonchev–Trinajstić information content (AvgIpc) is 2.88. The third-order valence-corrected chi connectivity index (χ3v) is 4.82. The molecule has 1 heterocycles. The Bertz CT molecular complexity index is 462. The van der Waals surface area contributed by atoms with E-state index < -0.39 is 0 Å². The quantitative estimate of drug-likeness (QED) is 0.906. The van der Waals surface area contributed by atoms with Crippen LogP contribution in [0.4, 0.5) is 0 Å². The van der Waals surface area contributed by atoms with Crippen molar-refractivity contribution in [3.8, 4) is 0 Å². The van der Waals surface area contributed by atoms with Crippen LogP contribution in [0, 0.1) is 12.8 Å². The van der Waals surface area contributed by atoms with Crippen molar-refractivity contribution in [1.29, 1.82) is 0 Å². The highest BCUT2D eigenvalue weighted by Gasteiger charge is 2.28. The molecule has 1 aromatic rings. The van der Waals surface area contributed by atoms with E-state index in [1.807, 2.05) is 11.8 Å². The van der Waals surface area contributed by atoms with Crippen LogP contribution < -0.4 is 0 Å². The summed E-state index contributed by atoms with van der Waals surface area (Å²) in [5, 5.41) is 9.56. The van der Waals surface area contributed by atoms with Crippen LogP contribution in [0.5, 0.6) is 0 Å². The van der Waals surface area contributed by atoms with Crippen LogP contribution in [-0.2, 0) is 10.5 Å². The van der Waals surface area contributed by atoms with Gasteiger partial charge in [0.25, 0.3) is 0 Å². The third-order valence-electron chi connectivity index (χ3n) is 3.84. The fourth-order valence-corrected chi connectivity index (χ4v) is 3.43. The van der Waals surface area contributed by atoms with Crippen molar-refractivity contribution in [2.45, 2.75) is 32.1 Å². The number of nitrogens with zero attached hydrogens (tertiary/aromatic N) is 1. The SMILES string of the molecule is Cc1cccc(CSCC(=O)N2CCC(C(C)O)C2)c1. The summed E-state index contributed by atoms with van der Waals surface area (Å²) in [5.74, 6) is 1.85. The van der Waals surface area contributed by atoms with Gasteiger partial charge in [-0.1, -0.05) is 29.8 Å². The fourth-order valence-electron chi connectivity index (χ4n) is 2.56. The molecule has 0 bridgehead atoms. The summed E-state index contributed by atoms with van der Waals surface area (Å²) >= 11 is 1.67. The molecular weight excluding hydrogens is 270 g/mol. The number of benzene rings is 1. The number of thioether (sulfide) groups is 1. The van der Waals surface area contributed by atoms with Crippen LogP contribution in [0.15, 0.2) is 24.3 Å². The molecule has 1 aliphatic rings. The van der Waals surface area contributed by atoms with E-state index in [0.717, 1.165) is 18.7 Å². The van der Waals surface area contributed by atoms with Gasteiger partial charge in [0.05, 0.1) is 11.9 Å². The molecule has 4 heteroatoms. The van der Waals surface area contributed by atoms with Crippen molar-refractivity contribution in [2.75, 3.05) is 18.8 Å². The van der Waals surface area contributed by atoms with Crippen molar-refractivity contribution in [3.63, 3.8) is 0 Å². The van der Waals surface area contributed by atoms with Crippen molar-refractivity contribution in [1.82, 2.24) is 4.90 Å². The zero-order valence-corrected chi connectivity index (χ0v) is 13.0. The molecular formula is C16H23NO2S. The highest BCUT2D eigenvalue weighted by Crippen LogP contribution is 2.21. The number of hydrogen-bond donors (Lipinski definition) is 1. The van der Waals surface area contributed by atoms with Crippen LogP contribution in [0.2, 0.25) is 0 Å². The summed E-state index contributed by atoms with van der Waals surface area (Å²) in [6.07, 6.45) is 0.610. The molecule has 110 valence electrons. The fraction of sp³-hybridized carbons (Fsp3) is 0.562. The lowest BCUT2D eigenvalue weighted by atomic mass is 10.0. The van der Waals surface area contributed by atoms with E-state index >= 15 is 0 Å². The molecule has 0 saturated carbocycles. The Morgan fingerprint density at radius 3 is 3.00 bits per heavy atom. The minimum absolute atomic E-state index is 0.200. The monoisotopic (exact) mass is 293 g/mol. The van der Waals surface area contributed by atoms with E-state index in [9.17, 15) is 9.90 Å². The van der Waals surface area contributed by atoms with Crippen molar-refractivity contribution >= 4 is 17.7 Å². The Labute approximate surface area is 125 Å². The van der Waals surface area contributed by atoms with E-state index in [-0.39, 0.29) is 17.9 Å². The van der Waals surface area contributed by atoms with Gasteiger partial charge >= 0.3 is 0 Å². The smallest absolute Gasteiger partial charge is 0.232 e. The van der Waals surface area contributed by atoms with Gasteiger partial charge in [-0.05, 0) is 25.8 Å². The zero-order chi connectivity index (χ0) is 14.5. The number of aliphatic hydroxyl groups is 1. The number of hydrogen-bond acceptors (Lipinski definition) is 3. The van der Waals surface area contributed by atoms with Crippen molar-refractivity contribution in [3.05, 3.63) is 35.4 Å². The molecule has 20 heavy (non-hydrogen) atoms. The van der Waals surface area contributed by atoms with Crippen molar-refractivity contribution < 1.29 is 9.90 Å². The van der Waals surface area contributed by atoms with Gasteiger partial charge in [0.15, 0.2) is 0 Å². The standard InChI is InChI=1S/C16H23NO2S/c1-12-4-3-5-14(8-12)10-20-11-16(19)17-7-6-15(9-17)13(2)18/h3-5,8,13,15,18H,6-7,9-11H2,1-2H3. The lowest BCUT2D eigenvalue weighted by molar-refractivity contribution is -0.127. The summed E-state index contributed by atoms with van der Waals surface area (Å²) < 4.78 is 0. The van der Waals surface area contributed by atoms with Gasteiger partial charge in [-0.2, -0.15) is 0 Å². The highest BCUT2D eigenvalue weighted by molar-refractivity contribution is 7.99. The van der Waals surface area contributed by atoms with Gasteiger partial charge in [0, 0.05) is 24.8 Å². The first-order valence-corrected chi connectivity index (χ1v) is 8.31. The molecule has 0 spiro atoms. The Kier molecular flexibility index (Phi) is 5.49. The summed E-state index contributed by atoms with van der Waals surface area (Å²) in [6.45, 7) is 5.39. The summed E-state index contributed by atoms with van der Waals surface area (Å²) in [5.41, 5.74) is 2.53. The predicted molar refractivity (Wildman–Crippen MR) is 83.7 cm³/mol. The van der Waals surface area contributed by atoms with Crippen LogP contribution in [0.25, 0.3) is 0 Å². The maximum absolute atomic E-state index is 12.1. The van der Waals surface area contributed by atoms with E-state index in [4.69, 9.17) is 0 Å². The zero-order valence-electron chi connectivity index (χ0n) is 12.2. The third kappa shape index (κ3) is 4.25. The number of aliphatic hydroxyl groups excluding tert-OH is 1. The van der Waals surface area contributed by atoms with Gasteiger partial charge in [0.2, 0.25) is 5.91 Å². The van der Waals surface area contributed by atoms with Crippen molar-refractivity contribution in [2.24, 2.45) is 5.92 Å². The first-order chi connectivity index (χ1) is 9.56. The molecule has 1 amide bonds. The lowest BCUT2D eigenvalue weighted by Gasteiger charge is -2.17. The lowest BCUT2D eigenvalue weighted by Crippen LogP contribution is -2.31. The molecule has 1 N–H and O–H groups in total. The molecule has 0 aliphatic carbocycles. The Balaban J connectivity index is 1.73. The minimum atomic E-state index is -0.312. The number of carbonyl (C=O) groups excluding carboxylic acids is 1. The minimum Gasteiger partial charge on any atom is -0.393 e. The van der Waals surface area contributed by atoms with Crippen LogP contribution in [-0.4, -0.2) is 40.9 Å². The van der Waals surface area contributed by atoms with E-state index in [0.29, 0.717) is 12.3 Å². The second kappa shape index (κ2) is 7.14. The number of likely N-dealkylation sites (tertiary alicyclic amines) is 1. The van der Waals surface area contributed by atoms with Crippen LogP contribution >= 0.6 is 11.8 Å². The molecule has 1 saturated heterocycles. The summed E-state index contributed by atoms with van der Waals surface area (Å²) in [6, 6.07) is 8.40. The molecule has 2 atom stereocenters. The second-order valence-corrected chi connectivity index (χ2v) is 6.60. The maximum atomic E-state index is 12.1. The largest absolute Gasteiger partial charge is 0.393 e. The Hall–Kier alpha value is -1.00. The van der Waals surface area contributed by atoms with E-state index in [2.05, 4.69) is 31.2 Å². The molecule has 0 aromatic heterocycles. The number of amides is 1. The predicted octanol–water partition coefficient (Wildman–Crippen LogP) is 2.46. The van der Waals surface area contributed by atoms with Crippen LogP contribution in [0.1, 0.15) is 24.5 Å². The first-order valence-electron chi connectivity index (χ1n) is 7.15. The molecule has 2 unspecified atom stereocenters. The van der Waals surface area contributed by atoms with Gasteiger partial charge in [0.1, 0.15) is 0 Å². The topological polar surface area (TPSA) is 40.5 Å². The molecule has 2 rings (SSSR count). The molecule has 1 aromatic carbocycles. The first kappa shape index (κ1) is 15.4. The second-order valence-electron chi connectivity index (χ2n) is 5.61. The number of carbonyl (C=O) groups is 1. The molecule has 0 radical (unpaired) electrons. The van der Waals surface area contributed by atoms with Gasteiger partial charge in [-0.25, -0.2) is 0 Å². The summed E-state index contributed by atoms with van der Waals surface area (Å²) in [4.78, 5) is 14.0. The van der Waals surface area contributed by atoms with Gasteiger partial charge in [-0.3, -0.25) is 4.79 Å². The average molecular weight is 293 g/mol. The molecule has 1 aliphatic heterocycles. The maximum Gasteiger partial charge on any atom is 0.232 e. The number of aryl methyl sites for hydroxylation is 1. The number of rotatable bonds is 5. The highest BCUT2D eigenvalue weighted by atomic mass is 32.2.